The van der Waals surface area contributed by atoms with Gasteiger partial charge in [0.05, 0.1) is 24.5 Å². The second-order valence-electron chi connectivity index (χ2n) is 5.31. The van der Waals surface area contributed by atoms with Gasteiger partial charge in [-0.3, -0.25) is 18.5 Å². The number of aromatic amines is 1. The van der Waals surface area contributed by atoms with Crippen LogP contribution in [0.1, 0.15) is 31.2 Å². The zero-order valence-corrected chi connectivity index (χ0v) is 13.3. The number of H-pyrrole nitrogens is 1. The fourth-order valence-electron chi connectivity index (χ4n) is 2.37. The monoisotopic (exact) mass is 350 g/mol. The minimum absolute atomic E-state index is 0.0396. The summed E-state index contributed by atoms with van der Waals surface area (Å²) in [6.45, 7) is 0.928. The summed E-state index contributed by atoms with van der Waals surface area (Å²) >= 11 is 0. The number of aromatic nitrogens is 2. The Morgan fingerprint density at radius 2 is 2.17 bits per heavy atom. The van der Waals surface area contributed by atoms with Gasteiger partial charge in [-0.1, -0.05) is 0 Å². The highest BCUT2D eigenvalue weighted by atomic mass is 32.2. The van der Waals surface area contributed by atoms with Gasteiger partial charge >= 0.3 is 5.69 Å². The highest BCUT2D eigenvalue weighted by Crippen LogP contribution is 2.27. The zero-order valence-electron chi connectivity index (χ0n) is 12.5. The van der Waals surface area contributed by atoms with Crippen molar-refractivity contribution in [1.29, 1.82) is 0 Å². The lowest BCUT2D eigenvalue weighted by Crippen LogP contribution is -2.35. The van der Waals surface area contributed by atoms with Crippen molar-refractivity contribution >= 4 is 10.1 Å². The zero-order chi connectivity index (χ0) is 17.4. The molecule has 0 bridgehead atoms. The van der Waals surface area contributed by atoms with E-state index in [-0.39, 0.29) is 12.0 Å². The molecule has 10 nitrogen and oxygen atoms in total. The van der Waals surface area contributed by atoms with Gasteiger partial charge in [-0.2, -0.15) is 8.42 Å². The molecule has 23 heavy (non-hydrogen) atoms. The molecule has 130 valence electrons. The molecule has 1 aromatic heterocycles. The number of hydrogen-bond acceptors (Lipinski definition) is 8. The predicted molar refractivity (Wildman–Crippen MR) is 77.3 cm³/mol. The number of rotatable bonds is 5. The first kappa shape index (κ1) is 17.8. The first-order valence-electron chi connectivity index (χ1n) is 6.80. The van der Waals surface area contributed by atoms with Gasteiger partial charge in [0.1, 0.15) is 18.4 Å². The Hall–Kier alpha value is -1.53. The molecule has 2 heterocycles. The SMILES string of the molecule is CC(OS(C)(=O)=O)c1cn([C@H]2C[C@H](O)[C@@H](CO)O2)c(=O)[nH]c1=O. The van der Waals surface area contributed by atoms with Gasteiger partial charge in [0.2, 0.25) is 0 Å². The normalized spacial score (nSPS) is 26.3. The minimum atomic E-state index is -3.80. The van der Waals surface area contributed by atoms with Crippen LogP contribution in [0.25, 0.3) is 0 Å². The maximum absolute atomic E-state index is 11.9. The molecule has 1 aliphatic heterocycles. The standard InChI is InChI=1S/C12H18N2O8S/c1-6(22-23(2,19)20)7-4-14(12(18)13-11(7)17)10-3-8(16)9(5-15)21-10/h4,6,8-10,15-16H,3,5H2,1-2H3,(H,13,17,18)/t6?,8-,9+,10+/m0/s1. The highest BCUT2D eigenvalue weighted by Gasteiger charge is 2.35. The summed E-state index contributed by atoms with van der Waals surface area (Å²) in [4.78, 5) is 25.8. The largest absolute Gasteiger partial charge is 0.394 e. The van der Waals surface area contributed by atoms with Crippen LogP contribution < -0.4 is 11.2 Å². The van der Waals surface area contributed by atoms with E-state index in [0.717, 1.165) is 17.0 Å². The molecule has 1 aromatic rings. The van der Waals surface area contributed by atoms with Crippen molar-refractivity contribution in [3.63, 3.8) is 0 Å². The topological polar surface area (TPSA) is 148 Å². The smallest absolute Gasteiger partial charge is 0.330 e. The summed E-state index contributed by atoms with van der Waals surface area (Å²) in [7, 11) is -3.80. The van der Waals surface area contributed by atoms with Crippen molar-refractivity contribution in [3.8, 4) is 0 Å². The van der Waals surface area contributed by atoms with Crippen molar-refractivity contribution in [3.05, 3.63) is 32.6 Å². The van der Waals surface area contributed by atoms with Crippen molar-refractivity contribution in [2.45, 2.75) is 37.9 Å². The average molecular weight is 350 g/mol. The molecule has 3 N–H and O–H groups in total. The van der Waals surface area contributed by atoms with Gasteiger partial charge < -0.3 is 14.9 Å². The van der Waals surface area contributed by atoms with E-state index in [1.54, 1.807) is 0 Å². The van der Waals surface area contributed by atoms with E-state index < -0.39 is 52.5 Å². The Morgan fingerprint density at radius 1 is 1.52 bits per heavy atom. The van der Waals surface area contributed by atoms with Crippen LogP contribution in [0.2, 0.25) is 0 Å². The lowest BCUT2D eigenvalue weighted by molar-refractivity contribution is -0.0461. The quantitative estimate of drug-likeness (QED) is 0.528. The maximum Gasteiger partial charge on any atom is 0.330 e. The molecule has 0 radical (unpaired) electrons. The molecule has 0 amide bonds. The van der Waals surface area contributed by atoms with Gasteiger partial charge in [-0.15, -0.1) is 0 Å². The molecule has 11 heteroatoms. The molecule has 1 aliphatic rings. The first-order chi connectivity index (χ1) is 10.6. The lowest BCUT2D eigenvalue weighted by atomic mass is 10.2. The molecule has 4 atom stereocenters. The molecule has 0 aliphatic carbocycles. The summed E-state index contributed by atoms with van der Waals surface area (Å²) in [5, 5.41) is 18.8. The second-order valence-corrected chi connectivity index (χ2v) is 6.91. The fraction of sp³-hybridized carbons (Fsp3) is 0.667. The highest BCUT2D eigenvalue weighted by molar-refractivity contribution is 7.86. The number of aliphatic hydroxyl groups is 2. The number of nitrogens with zero attached hydrogens (tertiary/aromatic N) is 1. The molecular formula is C12H18N2O8S. The second kappa shape index (κ2) is 6.53. The van der Waals surface area contributed by atoms with Crippen molar-refractivity contribution in [2.24, 2.45) is 0 Å². The molecule has 0 aromatic carbocycles. The Morgan fingerprint density at radius 3 is 2.70 bits per heavy atom. The number of nitrogens with one attached hydrogen (secondary N) is 1. The van der Waals surface area contributed by atoms with Gasteiger partial charge in [0.15, 0.2) is 0 Å². The number of ether oxygens (including phenoxy) is 1. The van der Waals surface area contributed by atoms with E-state index in [1.165, 1.54) is 6.92 Å². The van der Waals surface area contributed by atoms with E-state index in [2.05, 4.69) is 4.98 Å². The fourth-order valence-corrected chi connectivity index (χ4v) is 3.00. The van der Waals surface area contributed by atoms with Gasteiger partial charge in [0.25, 0.3) is 15.7 Å². The number of hydrogen-bond donors (Lipinski definition) is 3. The third kappa shape index (κ3) is 4.06. The Bertz CT molecular complexity index is 783. The Kier molecular flexibility index (Phi) is 5.06. The van der Waals surface area contributed by atoms with E-state index in [1.807, 2.05) is 0 Å². The van der Waals surface area contributed by atoms with Crippen LogP contribution in [0.4, 0.5) is 0 Å². The first-order valence-corrected chi connectivity index (χ1v) is 8.62. The van der Waals surface area contributed by atoms with Crippen molar-refractivity contribution in [2.75, 3.05) is 12.9 Å². The van der Waals surface area contributed by atoms with Crippen LogP contribution in [-0.2, 0) is 19.0 Å². The van der Waals surface area contributed by atoms with E-state index >= 15 is 0 Å². The van der Waals surface area contributed by atoms with E-state index in [9.17, 15) is 23.1 Å². The third-order valence-electron chi connectivity index (χ3n) is 3.45. The molecule has 1 unspecified atom stereocenters. The summed E-state index contributed by atoms with van der Waals surface area (Å²) in [6.07, 6.45) is -1.79. The van der Waals surface area contributed by atoms with Crippen LogP contribution >= 0.6 is 0 Å². The average Bonchev–Trinajstić information content (AvgIpc) is 2.77. The third-order valence-corrected chi connectivity index (χ3v) is 4.09. The molecule has 1 fully saturated rings. The predicted octanol–water partition coefficient (Wildman–Crippen LogP) is -1.79. The van der Waals surface area contributed by atoms with Crippen LogP contribution in [0.15, 0.2) is 15.8 Å². The summed E-state index contributed by atoms with van der Waals surface area (Å²) in [5.41, 5.74) is -1.64. The van der Waals surface area contributed by atoms with Crippen LogP contribution in [-0.4, -0.2) is 53.3 Å². The molecule has 0 saturated carbocycles. The maximum atomic E-state index is 11.9. The van der Waals surface area contributed by atoms with Crippen LogP contribution in [0.3, 0.4) is 0 Å². The van der Waals surface area contributed by atoms with Crippen LogP contribution in [0, 0.1) is 0 Å². The van der Waals surface area contributed by atoms with Gasteiger partial charge in [-0.25, -0.2) is 4.79 Å². The van der Waals surface area contributed by atoms with Crippen LogP contribution in [0.5, 0.6) is 0 Å². The van der Waals surface area contributed by atoms with Crippen molar-refractivity contribution < 1.29 is 27.6 Å². The number of aliphatic hydroxyl groups excluding tert-OH is 2. The van der Waals surface area contributed by atoms with E-state index in [4.69, 9.17) is 14.0 Å². The molecule has 1 saturated heterocycles. The lowest BCUT2D eigenvalue weighted by Gasteiger charge is -2.17. The Balaban J connectivity index is 2.38. The van der Waals surface area contributed by atoms with Crippen molar-refractivity contribution in [1.82, 2.24) is 9.55 Å². The van der Waals surface area contributed by atoms with E-state index in [0.29, 0.717) is 0 Å². The molecule has 2 rings (SSSR count). The minimum Gasteiger partial charge on any atom is -0.394 e. The summed E-state index contributed by atoms with van der Waals surface area (Å²) in [5.74, 6) is 0. The molecular weight excluding hydrogens is 332 g/mol. The molecule has 0 spiro atoms. The van der Waals surface area contributed by atoms with Gasteiger partial charge in [-0.05, 0) is 6.92 Å². The summed E-state index contributed by atoms with van der Waals surface area (Å²) < 4.78 is 33.4. The van der Waals surface area contributed by atoms with Gasteiger partial charge in [0, 0.05) is 12.6 Å². The Labute approximate surface area is 131 Å². The summed E-state index contributed by atoms with van der Waals surface area (Å²) in [6, 6.07) is 0.